The largest absolute Gasteiger partial charge is 0.381 e. The second-order valence-corrected chi connectivity index (χ2v) is 7.49. The summed E-state index contributed by atoms with van der Waals surface area (Å²) >= 11 is 0. The second-order valence-electron chi connectivity index (χ2n) is 7.49. The zero-order valence-corrected chi connectivity index (χ0v) is 14.6. The van der Waals surface area contributed by atoms with Gasteiger partial charge in [0.1, 0.15) is 0 Å². The molecule has 24 heavy (non-hydrogen) atoms. The molecular weight excluding hydrogens is 300 g/mol. The SMILES string of the molecule is CN1CCN(CCNC(=O)c2ccc3c(c2)C2CCCC2N3)CC1. The molecule has 1 saturated carbocycles. The van der Waals surface area contributed by atoms with Gasteiger partial charge in [-0.3, -0.25) is 9.69 Å². The molecule has 3 aliphatic rings. The Bertz CT molecular complexity index is 609. The van der Waals surface area contributed by atoms with Gasteiger partial charge in [0.25, 0.3) is 5.91 Å². The van der Waals surface area contributed by atoms with Crippen LogP contribution in [0, 0.1) is 0 Å². The van der Waals surface area contributed by atoms with E-state index in [2.05, 4.69) is 39.6 Å². The number of hydrogen-bond acceptors (Lipinski definition) is 4. The van der Waals surface area contributed by atoms with E-state index in [9.17, 15) is 4.79 Å². The van der Waals surface area contributed by atoms with Crippen molar-refractivity contribution in [1.29, 1.82) is 0 Å². The Kier molecular flexibility index (Phi) is 4.46. The molecule has 2 fully saturated rings. The van der Waals surface area contributed by atoms with E-state index in [0.717, 1.165) is 44.8 Å². The molecule has 4 rings (SSSR count). The minimum atomic E-state index is 0.0633. The number of anilines is 1. The minimum Gasteiger partial charge on any atom is -0.381 e. The van der Waals surface area contributed by atoms with Crippen molar-refractivity contribution in [2.45, 2.75) is 31.2 Å². The molecule has 130 valence electrons. The Morgan fingerprint density at radius 3 is 2.92 bits per heavy atom. The number of carbonyl (C=O) groups is 1. The summed E-state index contributed by atoms with van der Waals surface area (Å²) in [6.07, 6.45) is 3.80. The lowest BCUT2D eigenvalue weighted by Crippen LogP contribution is -2.46. The number of fused-ring (bicyclic) bond motifs is 3. The van der Waals surface area contributed by atoms with Crippen LogP contribution in [0.15, 0.2) is 18.2 Å². The number of nitrogens with zero attached hydrogens (tertiary/aromatic N) is 2. The first kappa shape index (κ1) is 15.9. The van der Waals surface area contributed by atoms with Crippen LogP contribution in [0.1, 0.15) is 41.1 Å². The highest BCUT2D eigenvalue weighted by Crippen LogP contribution is 2.45. The van der Waals surface area contributed by atoms with Crippen molar-refractivity contribution in [3.8, 4) is 0 Å². The predicted octanol–water partition coefficient (Wildman–Crippen LogP) is 1.73. The molecule has 0 aromatic heterocycles. The molecule has 2 atom stereocenters. The van der Waals surface area contributed by atoms with Gasteiger partial charge in [-0.1, -0.05) is 6.42 Å². The van der Waals surface area contributed by atoms with Crippen molar-refractivity contribution in [3.63, 3.8) is 0 Å². The monoisotopic (exact) mass is 328 g/mol. The standard InChI is InChI=1S/C19H28N4O/c1-22-9-11-23(12-10-22)8-7-20-19(24)14-5-6-18-16(13-14)15-3-2-4-17(15)21-18/h5-6,13,15,17,21H,2-4,7-12H2,1H3,(H,20,24). The van der Waals surface area contributed by atoms with E-state index in [1.54, 1.807) is 0 Å². The third-order valence-electron chi connectivity index (χ3n) is 5.88. The minimum absolute atomic E-state index is 0.0633. The normalized spacial score (nSPS) is 26.7. The maximum absolute atomic E-state index is 12.5. The van der Waals surface area contributed by atoms with E-state index in [0.29, 0.717) is 12.0 Å². The zero-order valence-electron chi connectivity index (χ0n) is 14.6. The quantitative estimate of drug-likeness (QED) is 0.884. The van der Waals surface area contributed by atoms with E-state index in [-0.39, 0.29) is 5.91 Å². The van der Waals surface area contributed by atoms with Crippen LogP contribution in [0.4, 0.5) is 5.69 Å². The third kappa shape index (κ3) is 3.15. The van der Waals surface area contributed by atoms with Gasteiger partial charge >= 0.3 is 0 Å². The third-order valence-corrected chi connectivity index (χ3v) is 5.88. The Balaban J connectivity index is 1.31. The van der Waals surface area contributed by atoms with E-state index >= 15 is 0 Å². The van der Waals surface area contributed by atoms with Gasteiger partial charge in [-0.2, -0.15) is 0 Å². The van der Waals surface area contributed by atoms with Crippen LogP contribution >= 0.6 is 0 Å². The molecule has 2 heterocycles. The zero-order chi connectivity index (χ0) is 16.5. The van der Waals surface area contributed by atoms with Crippen molar-refractivity contribution in [3.05, 3.63) is 29.3 Å². The average Bonchev–Trinajstić information content (AvgIpc) is 3.17. The molecule has 0 radical (unpaired) electrons. The molecule has 0 bridgehead atoms. The molecule has 1 aromatic carbocycles. The summed E-state index contributed by atoms with van der Waals surface area (Å²) in [5, 5.41) is 6.70. The Hall–Kier alpha value is -1.59. The van der Waals surface area contributed by atoms with Gasteiger partial charge in [0.2, 0.25) is 0 Å². The van der Waals surface area contributed by atoms with Crippen LogP contribution in [0.2, 0.25) is 0 Å². The van der Waals surface area contributed by atoms with Gasteiger partial charge < -0.3 is 15.5 Å². The molecule has 2 unspecified atom stereocenters. The lowest BCUT2D eigenvalue weighted by atomic mass is 9.96. The average molecular weight is 328 g/mol. The molecule has 1 amide bonds. The van der Waals surface area contributed by atoms with Crippen molar-refractivity contribution >= 4 is 11.6 Å². The summed E-state index contributed by atoms with van der Waals surface area (Å²) in [6, 6.07) is 6.75. The predicted molar refractivity (Wildman–Crippen MR) is 96.7 cm³/mol. The van der Waals surface area contributed by atoms with Crippen LogP contribution in [-0.2, 0) is 0 Å². The van der Waals surface area contributed by atoms with Crippen LogP contribution in [-0.4, -0.2) is 68.1 Å². The highest BCUT2D eigenvalue weighted by Gasteiger charge is 2.35. The first-order valence-corrected chi connectivity index (χ1v) is 9.30. The number of amides is 1. The molecule has 5 heteroatoms. The molecule has 2 N–H and O–H groups in total. The number of piperazine rings is 1. The van der Waals surface area contributed by atoms with Crippen LogP contribution in [0.25, 0.3) is 0 Å². The van der Waals surface area contributed by atoms with Gasteiger partial charge in [-0.05, 0) is 43.7 Å². The molecule has 1 aliphatic carbocycles. The van der Waals surface area contributed by atoms with Crippen LogP contribution in [0.5, 0.6) is 0 Å². The number of carbonyl (C=O) groups excluding carboxylic acids is 1. The molecule has 1 saturated heterocycles. The molecule has 1 aromatic rings. The summed E-state index contributed by atoms with van der Waals surface area (Å²) in [6.45, 7) is 6.10. The van der Waals surface area contributed by atoms with Gasteiger partial charge in [-0.15, -0.1) is 0 Å². The van der Waals surface area contributed by atoms with Crippen molar-refractivity contribution in [2.24, 2.45) is 0 Å². The Labute approximate surface area is 144 Å². The van der Waals surface area contributed by atoms with Crippen molar-refractivity contribution in [2.75, 3.05) is 51.6 Å². The highest BCUT2D eigenvalue weighted by molar-refractivity contribution is 5.95. The van der Waals surface area contributed by atoms with Crippen LogP contribution < -0.4 is 10.6 Å². The lowest BCUT2D eigenvalue weighted by molar-refractivity contribution is 0.0941. The van der Waals surface area contributed by atoms with E-state index in [4.69, 9.17) is 0 Å². The maximum Gasteiger partial charge on any atom is 0.251 e. The number of nitrogens with one attached hydrogen (secondary N) is 2. The van der Waals surface area contributed by atoms with Crippen LogP contribution in [0.3, 0.4) is 0 Å². The van der Waals surface area contributed by atoms with Gasteiger partial charge in [0.05, 0.1) is 0 Å². The fourth-order valence-corrected chi connectivity index (χ4v) is 4.35. The first-order chi connectivity index (χ1) is 11.7. The summed E-state index contributed by atoms with van der Waals surface area (Å²) in [4.78, 5) is 17.2. The lowest BCUT2D eigenvalue weighted by Gasteiger charge is -2.32. The molecular formula is C19H28N4O. The number of rotatable bonds is 4. The first-order valence-electron chi connectivity index (χ1n) is 9.30. The van der Waals surface area contributed by atoms with Gasteiger partial charge in [0, 0.05) is 62.5 Å². The van der Waals surface area contributed by atoms with E-state index in [1.165, 1.54) is 30.5 Å². The summed E-state index contributed by atoms with van der Waals surface area (Å²) in [5.74, 6) is 0.673. The van der Waals surface area contributed by atoms with Gasteiger partial charge in [-0.25, -0.2) is 0 Å². The Morgan fingerprint density at radius 1 is 1.25 bits per heavy atom. The second kappa shape index (κ2) is 6.73. The summed E-state index contributed by atoms with van der Waals surface area (Å²) in [5.41, 5.74) is 3.39. The highest BCUT2D eigenvalue weighted by atomic mass is 16.1. The van der Waals surface area contributed by atoms with E-state index < -0.39 is 0 Å². The summed E-state index contributed by atoms with van der Waals surface area (Å²) in [7, 11) is 2.16. The molecule has 5 nitrogen and oxygen atoms in total. The van der Waals surface area contributed by atoms with Gasteiger partial charge in [0.15, 0.2) is 0 Å². The topological polar surface area (TPSA) is 47.6 Å². The molecule has 0 spiro atoms. The van der Waals surface area contributed by atoms with Crippen molar-refractivity contribution in [1.82, 2.24) is 15.1 Å². The fourth-order valence-electron chi connectivity index (χ4n) is 4.35. The Morgan fingerprint density at radius 2 is 2.08 bits per heavy atom. The fraction of sp³-hybridized carbons (Fsp3) is 0.632. The van der Waals surface area contributed by atoms with Crippen molar-refractivity contribution < 1.29 is 4.79 Å². The number of hydrogen-bond donors (Lipinski definition) is 2. The van der Waals surface area contributed by atoms with E-state index in [1.807, 2.05) is 6.07 Å². The summed E-state index contributed by atoms with van der Waals surface area (Å²) < 4.78 is 0. The smallest absolute Gasteiger partial charge is 0.251 e. The number of benzene rings is 1. The molecule has 2 aliphatic heterocycles. The maximum atomic E-state index is 12.5. The number of likely N-dealkylation sites (N-methyl/N-ethyl adjacent to an activating group) is 1.